The van der Waals surface area contributed by atoms with Gasteiger partial charge in [-0.25, -0.2) is 0 Å². The van der Waals surface area contributed by atoms with Crippen LogP contribution in [0.3, 0.4) is 0 Å². The summed E-state index contributed by atoms with van der Waals surface area (Å²) in [7, 11) is 0. The Morgan fingerprint density at radius 3 is 2.76 bits per heavy atom. The molecule has 2 heterocycles. The molecule has 0 unspecified atom stereocenters. The lowest BCUT2D eigenvalue weighted by Gasteiger charge is -2.34. The predicted molar refractivity (Wildman–Crippen MR) is 102 cm³/mol. The van der Waals surface area contributed by atoms with Crippen molar-refractivity contribution in [3.05, 3.63) is 52.2 Å². The maximum atomic E-state index is 12.8. The van der Waals surface area contributed by atoms with Crippen molar-refractivity contribution in [3.8, 4) is 0 Å². The molecule has 25 heavy (non-hydrogen) atoms. The molecule has 1 aromatic carbocycles. The van der Waals surface area contributed by atoms with Gasteiger partial charge in [-0.05, 0) is 54.3 Å². The third kappa shape index (κ3) is 4.10. The number of thiophene rings is 1. The Balaban J connectivity index is 1.75. The number of amides is 2. The molecule has 0 spiro atoms. The molecule has 0 aliphatic carbocycles. The molecule has 1 saturated heterocycles. The van der Waals surface area contributed by atoms with Crippen molar-refractivity contribution >= 4 is 28.8 Å². The quantitative estimate of drug-likeness (QED) is 0.876. The summed E-state index contributed by atoms with van der Waals surface area (Å²) in [5, 5.41) is 4.90. The molecule has 132 valence electrons. The second-order valence-corrected chi connectivity index (χ2v) is 7.70. The average Bonchev–Trinajstić information content (AvgIpc) is 3.16. The number of piperidine rings is 1. The van der Waals surface area contributed by atoms with Crippen LogP contribution in [0.15, 0.2) is 41.8 Å². The molecule has 1 aliphatic heterocycles. The van der Waals surface area contributed by atoms with Gasteiger partial charge in [-0.2, -0.15) is 0 Å². The summed E-state index contributed by atoms with van der Waals surface area (Å²) in [4.78, 5) is 28.0. The van der Waals surface area contributed by atoms with E-state index in [2.05, 4.69) is 25.2 Å². The number of benzene rings is 1. The number of nitrogens with one attached hydrogen (secondary N) is 1. The van der Waals surface area contributed by atoms with Crippen LogP contribution < -0.4 is 5.32 Å². The molecule has 4 nitrogen and oxygen atoms in total. The molecular weight excluding hydrogens is 332 g/mol. The van der Waals surface area contributed by atoms with Crippen LogP contribution in [0.25, 0.3) is 0 Å². The van der Waals surface area contributed by atoms with Gasteiger partial charge in [-0.3, -0.25) is 9.59 Å². The van der Waals surface area contributed by atoms with Gasteiger partial charge in [0.15, 0.2) is 0 Å². The molecule has 0 saturated carbocycles. The van der Waals surface area contributed by atoms with E-state index in [9.17, 15) is 9.59 Å². The van der Waals surface area contributed by atoms with E-state index in [-0.39, 0.29) is 11.8 Å². The van der Waals surface area contributed by atoms with E-state index in [0.717, 1.165) is 18.5 Å². The lowest BCUT2D eigenvalue weighted by Crippen LogP contribution is -2.49. The van der Waals surface area contributed by atoms with Gasteiger partial charge in [-0.15, -0.1) is 11.3 Å². The van der Waals surface area contributed by atoms with Crippen LogP contribution in [0.5, 0.6) is 0 Å². The zero-order valence-electron chi connectivity index (χ0n) is 14.7. The van der Waals surface area contributed by atoms with E-state index in [1.165, 1.54) is 16.9 Å². The minimum Gasteiger partial charge on any atom is -0.326 e. The van der Waals surface area contributed by atoms with Gasteiger partial charge in [0.1, 0.15) is 6.04 Å². The zero-order chi connectivity index (χ0) is 17.8. The molecule has 2 aromatic rings. The fraction of sp³-hybridized carbons (Fsp3) is 0.400. The van der Waals surface area contributed by atoms with E-state index in [0.29, 0.717) is 23.8 Å². The Morgan fingerprint density at radius 1 is 1.20 bits per heavy atom. The summed E-state index contributed by atoms with van der Waals surface area (Å²) in [5.74, 6) is 0.278. The summed E-state index contributed by atoms with van der Waals surface area (Å²) in [6.07, 6.45) is 2.63. The number of carbonyl (C=O) groups is 2. The smallest absolute Gasteiger partial charge is 0.264 e. The van der Waals surface area contributed by atoms with Gasteiger partial charge in [0.2, 0.25) is 5.91 Å². The van der Waals surface area contributed by atoms with E-state index >= 15 is 0 Å². The van der Waals surface area contributed by atoms with Crippen molar-refractivity contribution in [3.63, 3.8) is 0 Å². The molecular formula is C20H24N2O2S. The Kier molecular flexibility index (Phi) is 5.53. The molecule has 2 amide bonds. The summed E-state index contributed by atoms with van der Waals surface area (Å²) >= 11 is 1.42. The van der Waals surface area contributed by atoms with Crippen molar-refractivity contribution in [1.29, 1.82) is 0 Å². The molecule has 1 aliphatic rings. The lowest BCUT2D eigenvalue weighted by molar-refractivity contribution is -0.121. The van der Waals surface area contributed by atoms with Crippen molar-refractivity contribution in [2.24, 2.45) is 0 Å². The molecule has 3 rings (SSSR count). The first-order valence-electron chi connectivity index (χ1n) is 8.81. The molecule has 0 radical (unpaired) electrons. The predicted octanol–water partition coefficient (Wildman–Crippen LogP) is 4.50. The zero-order valence-corrected chi connectivity index (χ0v) is 15.5. The number of likely N-dealkylation sites (tertiary alicyclic amines) is 1. The Bertz CT molecular complexity index is 740. The fourth-order valence-electron chi connectivity index (χ4n) is 3.19. The van der Waals surface area contributed by atoms with Crippen LogP contribution in [0.1, 0.15) is 54.3 Å². The number of carbonyl (C=O) groups excluding carboxylic acids is 2. The second-order valence-electron chi connectivity index (χ2n) is 6.76. The van der Waals surface area contributed by atoms with Gasteiger partial charge in [0.05, 0.1) is 4.88 Å². The third-order valence-corrected chi connectivity index (χ3v) is 5.48. The second kappa shape index (κ2) is 7.83. The first kappa shape index (κ1) is 17.7. The topological polar surface area (TPSA) is 49.4 Å². The molecule has 5 heteroatoms. The molecule has 1 N–H and O–H groups in total. The van der Waals surface area contributed by atoms with Crippen molar-refractivity contribution in [1.82, 2.24) is 4.90 Å². The van der Waals surface area contributed by atoms with Gasteiger partial charge >= 0.3 is 0 Å². The highest BCUT2D eigenvalue weighted by Gasteiger charge is 2.33. The number of anilines is 1. The van der Waals surface area contributed by atoms with Crippen LogP contribution in [0.4, 0.5) is 5.69 Å². The van der Waals surface area contributed by atoms with Crippen molar-refractivity contribution in [2.75, 3.05) is 11.9 Å². The number of rotatable bonds is 4. The van der Waals surface area contributed by atoms with Crippen molar-refractivity contribution in [2.45, 2.75) is 45.1 Å². The Hall–Kier alpha value is -2.14. The largest absolute Gasteiger partial charge is 0.326 e. The van der Waals surface area contributed by atoms with Crippen LogP contribution in [0, 0.1) is 0 Å². The lowest BCUT2D eigenvalue weighted by atomic mass is 10.00. The number of hydrogen-bond acceptors (Lipinski definition) is 3. The number of nitrogens with zero attached hydrogens (tertiary/aromatic N) is 1. The first-order valence-corrected chi connectivity index (χ1v) is 9.69. The van der Waals surface area contributed by atoms with Gasteiger partial charge in [0, 0.05) is 12.2 Å². The summed E-state index contributed by atoms with van der Waals surface area (Å²) in [5.41, 5.74) is 1.98. The van der Waals surface area contributed by atoms with Crippen LogP contribution >= 0.6 is 11.3 Å². The third-order valence-electron chi connectivity index (χ3n) is 4.62. The first-order chi connectivity index (χ1) is 12.1. The number of hydrogen-bond donors (Lipinski definition) is 1. The standard InChI is InChI=1S/C20H24N2O2S/c1-14(2)15-7-5-8-16(13-15)21-19(23)17-9-3-4-11-22(17)20(24)18-10-6-12-25-18/h5-8,10,12-14,17H,3-4,9,11H2,1-2H3,(H,21,23)/t17-/m1/s1. The van der Waals surface area contributed by atoms with Crippen LogP contribution in [-0.2, 0) is 4.79 Å². The Morgan fingerprint density at radius 2 is 2.04 bits per heavy atom. The average molecular weight is 356 g/mol. The van der Waals surface area contributed by atoms with E-state index in [1.54, 1.807) is 4.90 Å². The van der Waals surface area contributed by atoms with Crippen molar-refractivity contribution < 1.29 is 9.59 Å². The normalized spacial score (nSPS) is 17.6. The summed E-state index contributed by atoms with van der Waals surface area (Å²) < 4.78 is 0. The van der Waals surface area contributed by atoms with Gasteiger partial charge in [0.25, 0.3) is 5.91 Å². The Labute approximate surface area is 152 Å². The van der Waals surface area contributed by atoms with E-state index in [4.69, 9.17) is 0 Å². The van der Waals surface area contributed by atoms with Crippen LogP contribution in [-0.4, -0.2) is 29.3 Å². The highest BCUT2D eigenvalue weighted by atomic mass is 32.1. The SMILES string of the molecule is CC(C)c1cccc(NC(=O)[C@H]2CCCCN2C(=O)c2cccs2)c1. The van der Waals surface area contributed by atoms with Gasteiger partial charge < -0.3 is 10.2 Å². The fourth-order valence-corrected chi connectivity index (χ4v) is 3.87. The highest BCUT2D eigenvalue weighted by molar-refractivity contribution is 7.12. The molecule has 1 fully saturated rings. The highest BCUT2D eigenvalue weighted by Crippen LogP contribution is 2.24. The molecule has 1 atom stereocenters. The summed E-state index contributed by atoms with van der Waals surface area (Å²) in [6, 6.07) is 11.2. The minimum atomic E-state index is -0.397. The van der Waals surface area contributed by atoms with E-state index in [1.807, 2.05) is 35.7 Å². The summed E-state index contributed by atoms with van der Waals surface area (Å²) in [6.45, 7) is 4.90. The molecule has 0 bridgehead atoms. The van der Waals surface area contributed by atoms with Gasteiger partial charge in [-0.1, -0.05) is 32.0 Å². The molecule has 1 aromatic heterocycles. The van der Waals surface area contributed by atoms with Crippen LogP contribution in [0.2, 0.25) is 0 Å². The van der Waals surface area contributed by atoms with E-state index < -0.39 is 6.04 Å². The monoisotopic (exact) mass is 356 g/mol. The minimum absolute atomic E-state index is 0.0363. The maximum Gasteiger partial charge on any atom is 0.264 e. The maximum absolute atomic E-state index is 12.8.